The first-order valence-electron chi connectivity index (χ1n) is 20.7. The Morgan fingerprint density at radius 2 is 0.940 bits per heavy atom. The zero-order valence-corrected chi connectivity index (χ0v) is 33.1. The number of hydrogen-bond donors (Lipinski definition) is 1. The Kier molecular flexibility index (Phi) is 30.7. The Labute approximate surface area is 306 Å². The summed E-state index contributed by atoms with van der Waals surface area (Å²) in [5, 5.41) is 0. The van der Waals surface area contributed by atoms with Crippen LogP contribution in [0.25, 0.3) is 0 Å². The summed E-state index contributed by atoms with van der Waals surface area (Å²) in [7, 11) is -3.99. The van der Waals surface area contributed by atoms with Gasteiger partial charge in [-0.15, -0.1) is 0 Å². The van der Waals surface area contributed by atoms with Gasteiger partial charge >= 0.3 is 19.5 Å². The van der Waals surface area contributed by atoms with E-state index in [-0.39, 0.29) is 31.8 Å². The molecule has 0 aliphatic carbocycles. The van der Waals surface area contributed by atoms with Crippen LogP contribution in [0.3, 0.4) is 0 Å². The van der Waals surface area contributed by atoms with Crippen molar-refractivity contribution in [1.29, 1.82) is 0 Å². The normalized spacial score (nSPS) is 13.2. The fourth-order valence-corrected chi connectivity index (χ4v) is 7.42. The molecular formula is C42H75O7P. The average molecular weight is 723 g/mol. The standard InChI is InChI=1S/C42H75O7P/c1-3-5-7-9-11-13-15-17-19-21-23-25-30-34-41(43)47-36-40(37-48-50(45,46)38-39-32-28-27-29-33-39)49-42(44)35-31-26-24-22-20-18-16-14-12-10-8-6-4-2/h27-29,32-33,40H,3-26,30-31,34-38H2,1-2H3,(H,45,46). The Bertz CT molecular complexity index is 970. The maximum absolute atomic E-state index is 12.8. The molecule has 0 saturated heterocycles. The smallest absolute Gasteiger partial charge is 0.332 e. The molecular weight excluding hydrogens is 647 g/mol. The summed E-state index contributed by atoms with van der Waals surface area (Å²) in [5.41, 5.74) is 0.679. The second kappa shape index (κ2) is 33.2. The van der Waals surface area contributed by atoms with Crippen molar-refractivity contribution in [2.45, 2.75) is 206 Å². The zero-order valence-electron chi connectivity index (χ0n) is 32.2. The number of ether oxygens (including phenoxy) is 2. The summed E-state index contributed by atoms with van der Waals surface area (Å²) < 4.78 is 29.2. The highest BCUT2D eigenvalue weighted by molar-refractivity contribution is 7.51. The first-order chi connectivity index (χ1) is 24.4. The number of hydrogen-bond acceptors (Lipinski definition) is 6. The second-order valence-corrected chi connectivity index (χ2v) is 16.2. The van der Waals surface area contributed by atoms with Gasteiger partial charge in [-0.2, -0.15) is 0 Å². The third-order valence-electron chi connectivity index (χ3n) is 9.38. The SMILES string of the molecule is CCCCCCCCCCCCCCCC(=O)OCC(COP(=O)(O)Cc1ccccc1)OC(=O)CCCCCCCCCCCCCCC. The molecule has 0 amide bonds. The maximum Gasteiger partial charge on any atom is 0.332 e. The first kappa shape index (κ1) is 46.3. The van der Waals surface area contributed by atoms with Crippen LogP contribution in [0.1, 0.15) is 199 Å². The van der Waals surface area contributed by atoms with Crippen LogP contribution in [0.2, 0.25) is 0 Å². The van der Waals surface area contributed by atoms with Crippen LogP contribution in [-0.4, -0.2) is 36.1 Å². The molecule has 0 aliphatic rings. The van der Waals surface area contributed by atoms with E-state index in [2.05, 4.69) is 13.8 Å². The molecule has 1 aromatic carbocycles. The van der Waals surface area contributed by atoms with Crippen molar-refractivity contribution < 1.29 is 33.0 Å². The lowest BCUT2D eigenvalue weighted by molar-refractivity contribution is -0.161. The molecule has 1 N–H and O–H groups in total. The van der Waals surface area contributed by atoms with Gasteiger partial charge in [-0.3, -0.25) is 14.2 Å². The lowest BCUT2D eigenvalue weighted by Crippen LogP contribution is -2.29. The fraction of sp³-hybridized carbons (Fsp3) is 0.810. The second-order valence-electron chi connectivity index (χ2n) is 14.4. The highest BCUT2D eigenvalue weighted by Gasteiger charge is 2.25. The number of esters is 2. The van der Waals surface area contributed by atoms with Crippen molar-refractivity contribution in [3.05, 3.63) is 35.9 Å². The summed E-state index contributed by atoms with van der Waals surface area (Å²) in [6.07, 6.45) is 31.4. The molecule has 2 atom stereocenters. The minimum Gasteiger partial charge on any atom is -0.462 e. The summed E-state index contributed by atoms with van der Waals surface area (Å²) in [6, 6.07) is 8.96. The van der Waals surface area contributed by atoms with E-state index in [1.54, 1.807) is 24.3 Å². The molecule has 2 unspecified atom stereocenters. The lowest BCUT2D eigenvalue weighted by Gasteiger charge is -2.20. The van der Waals surface area contributed by atoms with Gasteiger partial charge in [-0.05, 0) is 18.4 Å². The van der Waals surface area contributed by atoms with Gasteiger partial charge in [-0.25, -0.2) is 0 Å². The molecule has 290 valence electrons. The summed E-state index contributed by atoms with van der Waals surface area (Å²) in [6.45, 7) is 4.01. The van der Waals surface area contributed by atoms with Gasteiger partial charge in [0, 0.05) is 12.8 Å². The van der Waals surface area contributed by atoms with Crippen LogP contribution >= 0.6 is 7.60 Å². The topological polar surface area (TPSA) is 99.1 Å². The molecule has 0 aromatic heterocycles. The van der Waals surface area contributed by atoms with E-state index in [0.29, 0.717) is 12.0 Å². The van der Waals surface area contributed by atoms with Gasteiger partial charge < -0.3 is 18.9 Å². The van der Waals surface area contributed by atoms with Gasteiger partial charge in [0.1, 0.15) is 6.61 Å². The Morgan fingerprint density at radius 1 is 0.560 bits per heavy atom. The Morgan fingerprint density at radius 3 is 1.36 bits per heavy atom. The molecule has 0 heterocycles. The fourth-order valence-electron chi connectivity index (χ4n) is 6.25. The van der Waals surface area contributed by atoms with E-state index in [9.17, 15) is 19.0 Å². The van der Waals surface area contributed by atoms with Crippen molar-refractivity contribution in [3.63, 3.8) is 0 Å². The van der Waals surface area contributed by atoms with Crippen LogP contribution < -0.4 is 0 Å². The number of benzene rings is 1. The molecule has 0 radical (unpaired) electrons. The molecule has 0 bridgehead atoms. The van der Waals surface area contributed by atoms with E-state index in [1.807, 2.05) is 6.07 Å². The van der Waals surface area contributed by atoms with E-state index < -0.39 is 19.7 Å². The number of carbonyl (C=O) groups excluding carboxylic acids is 2. The van der Waals surface area contributed by atoms with Crippen molar-refractivity contribution in [2.24, 2.45) is 0 Å². The molecule has 0 spiro atoms. The quantitative estimate of drug-likeness (QED) is 0.0418. The van der Waals surface area contributed by atoms with Gasteiger partial charge in [-0.1, -0.05) is 198 Å². The molecule has 0 saturated carbocycles. The summed E-state index contributed by atoms with van der Waals surface area (Å²) in [5.74, 6) is -0.743. The Hall–Kier alpha value is -1.69. The molecule has 50 heavy (non-hydrogen) atoms. The van der Waals surface area contributed by atoms with Crippen LogP contribution in [0.5, 0.6) is 0 Å². The van der Waals surface area contributed by atoms with E-state index in [0.717, 1.165) is 38.5 Å². The van der Waals surface area contributed by atoms with Crippen LogP contribution in [0, 0.1) is 0 Å². The molecule has 8 heteroatoms. The molecule has 1 aromatic rings. The minimum absolute atomic E-state index is 0.147. The lowest BCUT2D eigenvalue weighted by atomic mass is 10.0. The molecule has 0 fully saturated rings. The number of rotatable bonds is 36. The Balaban J connectivity index is 2.31. The van der Waals surface area contributed by atoms with Crippen LogP contribution in [0.15, 0.2) is 30.3 Å². The van der Waals surface area contributed by atoms with Crippen LogP contribution in [-0.2, 0) is 34.3 Å². The summed E-state index contributed by atoms with van der Waals surface area (Å²) in [4.78, 5) is 35.6. The van der Waals surface area contributed by atoms with Gasteiger partial charge in [0.2, 0.25) is 0 Å². The third kappa shape index (κ3) is 30.0. The summed E-state index contributed by atoms with van der Waals surface area (Å²) >= 11 is 0. The van der Waals surface area contributed by atoms with Gasteiger partial charge in [0.05, 0.1) is 12.8 Å². The molecule has 0 aliphatic heterocycles. The van der Waals surface area contributed by atoms with E-state index in [4.69, 9.17) is 14.0 Å². The maximum atomic E-state index is 12.8. The third-order valence-corrected chi connectivity index (χ3v) is 10.7. The first-order valence-corrected chi connectivity index (χ1v) is 22.5. The zero-order chi connectivity index (χ0) is 36.4. The van der Waals surface area contributed by atoms with Gasteiger partial charge in [0.25, 0.3) is 0 Å². The van der Waals surface area contributed by atoms with Crippen molar-refractivity contribution in [3.8, 4) is 0 Å². The highest BCUT2D eigenvalue weighted by atomic mass is 31.2. The average Bonchev–Trinajstić information content (AvgIpc) is 3.10. The van der Waals surface area contributed by atoms with Crippen molar-refractivity contribution in [2.75, 3.05) is 13.2 Å². The predicted molar refractivity (Wildman–Crippen MR) is 207 cm³/mol. The van der Waals surface area contributed by atoms with E-state index >= 15 is 0 Å². The number of carbonyl (C=O) groups is 2. The monoisotopic (exact) mass is 723 g/mol. The molecule has 1 rings (SSSR count). The highest BCUT2D eigenvalue weighted by Crippen LogP contribution is 2.45. The van der Waals surface area contributed by atoms with Gasteiger partial charge in [0.15, 0.2) is 6.10 Å². The van der Waals surface area contributed by atoms with Crippen LogP contribution in [0.4, 0.5) is 0 Å². The van der Waals surface area contributed by atoms with Crippen molar-refractivity contribution >= 4 is 19.5 Å². The largest absolute Gasteiger partial charge is 0.462 e. The number of unbranched alkanes of at least 4 members (excludes halogenated alkanes) is 24. The molecule has 7 nitrogen and oxygen atoms in total. The van der Waals surface area contributed by atoms with Crippen molar-refractivity contribution in [1.82, 2.24) is 0 Å². The predicted octanol–water partition coefficient (Wildman–Crippen LogP) is 12.8. The minimum atomic E-state index is -3.99. The van der Waals surface area contributed by atoms with E-state index in [1.165, 1.54) is 128 Å².